The normalized spacial score (nSPS) is 16.9. The van der Waals surface area contributed by atoms with E-state index in [9.17, 15) is 4.79 Å². The molecule has 1 aliphatic rings. The summed E-state index contributed by atoms with van der Waals surface area (Å²) in [7, 11) is 1.47. The molecular formula is C14H20N2O2. The smallest absolute Gasteiger partial charge is 0.313 e. The largest absolute Gasteiger partial charge is 0.469 e. The number of methoxy groups -OCH3 is 1. The zero-order chi connectivity index (χ0) is 12.8. The number of esters is 1. The fourth-order valence-corrected chi connectivity index (χ4v) is 2.38. The van der Waals surface area contributed by atoms with Gasteiger partial charge in [0.15, 0.2) is 0 Å². The molecule has 1 aromatic heterocycles. The molecule has 1 fully saturated rings. The van der Waals surface area contributed by atoms with Crippen molar-refractivity contribution in [3.63, 3.8) is 0 Å². The predicted octanol–water partition coefficient (Wildman–Crippen LogP) is 1.56. The van der Waals surface area contributed by atoms with Crippen molar-refractivity contribution in [3.05, 3.63) is 30.1 Å². The minimum absolute atomic E-state index is 0.0647. The fourth-order valence-electron chi connectivity index (χ4n) is 2.38. The molecule has 0 atom stereocenters. The van der Waals surface area contributed by atoms with E-state index in [0.717, 1.165) is 38.8 Å². The van der Waals surface area contributed by atoms with Crippen molar-refractivity contribution < 1.29 is 9.53 Å². The predicted molar refractivity (Wildman–Crippen MR) is 69.1 cm³/mol. The van der Waals surface area contributed by atoms with Crippen LogP contribution in [0.3, 0.4) is 0 Å². The average Bonchev–Trinajstić information content (AvgIpc) is 2.37. The van der Waals surface area contributed by atoms with Crippen LogP contribution in [0.1, 0.15) is 24.8 Å². The molecule has 0 saturated heterocycles. The monoisotopic (exact) mass is 248 g/mol. The van der Waals surface area contributed by atoms with Crippen molar-refractivity contribution in [2.75, 3.05) is 20.2 Å². The molecule has 0 unspecified atom stereocenters. The summed E-state index contributed by atoms with van der Waals surface area (Å²) in [6.07, 6.45) is 7.58. The summed E-state index contributed by atoms with van der Waals surface area (Å²) in [6, 6.07) is 4.03. The second-order valence-electron chi connectivity index (χ2n) is 4.91. The Kier molecular flexibility index (Phi) is 4.31. The van der Waals surface area contributed by atoms with Gasteiger partial charge < -0.3 is 10.1 Å². The molecule has 0 spiro atoms. The molecular weight excluding hydrogens is 228 g/mol. The third-order valence-corrected chi connectivity index (χ3v) is 3.73. The summed E-state index contributed by atoms with van der Waals surface area (Å²) in [5, 5.41) is 3.37. The first kappa shape index (κ1) is 13.0. The van der Waals surface area contributed by atoms with Crippen molar-refractivity contribution in [2.45, 2.75) is 25.7 Å². The van der Waals surface area contributed by atoms with E-state index in [1.165, 1.54) is 12.7 Å². The number of carbonyl (C=O) groups is 1. The van der Waals surface area contributed by atoms with Crippen LogP contribution in [0.5, 0.6) is 0 Å². The number of nitrogens with zero attached hydrogens (tertiary/aromatic N) is 1. The van der Waals surface area contributed by atoms with Gasteiger partial charge >= 0.3 is 5.97 Å². The van der Waals surface area contributed by atoms with Gasteiger partial charge in [0, 0.05) is 18.9 Å². The number of rotatable bonds is 6. The van der Waals surface area contributed by atoms with Gasteiger partial charge in [-0.15, -0.1) is 0 Å². The van der Waals surface area contributed by atoms with Crippen molar-refractivity contribution >= 4 is 5.97 Å². The maximum atomic E-state index is 11.7. The van der Waals surface area contributed by atoms with Crippen LogP contribution in [-0.2, 0) is 16.0 Å². The van der Waals surface area contributed by atoms with Crippen LogP contribution in [0.25, 0.3) is 0 Å². The van der Waals surface area contributed by atoms with Crippen LogP contribution in [0.2, 0.25) is 0 Å². The van der Waals surface area contributed by atoms with Gasteiger partial charge in [-0.3, -0.25) is 9.78 Å². The van der Waals surface area contributed by atoms with Crippen LogP contribution >= 0.6 is 0 Å². The van der Waals surface area contributed by atoms with Gasteiger partial charge in [0.05, 0.1) is 12.5 Å². The Morgan fingerprint density at radius 1 is 1.44 bits per heavy atom. The van der Waals surface area contributed by atoms with Gasteiger partial charge in [-0.2, -0.15) is 0 Å². The minimum atomic E-state index is -0.257. The summed E-state index contributed by atoms with van der Waals surface area (Å²) < 4.78 is 4.89. The van der Waals surface area contributed by atoms with Gasteiger partial charge in [-0.25, -0.2) is 0 Å². The molecule has 0 bridgehead atoms. The van der Waals surface area contributed by atoms with E-state index >= 15 is 0 Å². The van der Waals surface area contributed by atoms with Gasteiger partial charge in [0.1, 0.15) is 0 Å². The first-order valence-corrected chi connectivity index (χ1v) is 6.45. The summed E-state index contributed by atoms with van der Waals surface area (Å²) in [5.41, 5.74) is 1.01. The third kappa shape index (κ3) is 2.88. The summed E-state index contributed by atoms with van der Waals surface area (Å²) in [4.78, 5) is 15.7. The third-order valence-electron chi connectivity index (χ3n) is 3.73. The number of hydrogen-bond acceptors (Lipinski definition) is 4. The van der Waals surface area contributed by atoms with Crippen molar-refractivity contribution in [2.24, 2.45) is 5.41 Å². The lowest BCUT2D eigenvalue weighted by atomic mass is 9.68. The molecule has 0 aromatic carbocycles. The van der Waals surface area contributed by atoms with Gasteiger partial charge in [0.25, 0.3) is 0 Å². The maximum Gasteiger partial charge on any atom is 0.313 e. The van der Waals surface area contributed by atoms with Crippen LogP contribution in [0.4, 0.5) is 0 Å². The highest BCUT2D eigenvalue weighted by molar-refractivity contribution is 5.78. The van der Waals surface area contributed by atoms with E-state index in [4.69, 9.17) is 4.74 Å². The van der Waals surface area contributed by atoms with Gasteiger partial charge in [-0.05, 0) is 43.5 Å². The minimum Gasteiger partial charge on any atom is -0.469 e. The molecule has 0 radical (unpaired) electrons. The molecule has 2 rings (SSSR count). The Bertz CT molecular complexity index is 388. The van der Waals surface area contributed by atoms with Crippen LogP contribution in [0, 0.1) is 5.41 Å². The fraction of sp³-hybridized carbons (Fsp3) is 0.571. The SMILES string of the molecule is COC(=O)C1(CNCCc2ccncc2)CCC1. The van der Waals surface area contributed by atoms with E-state index in [1.54, 1.807) is 12.4 Å². The number of hydrogen-bond donors (Lipinski definition) is 1. The summed E-state index contributed by atoms with van der Waals surface area (Å²) in [6.45, 7) is 1.60. The zero-order valence-electron chi connectivity index (χ0n) is 10.8. The topological polar surface area (TPSA) is 51.2 Å². The number of aromatic nitrogens is 1. The average molecular weight is 248 g/mol. The molecule has 18 heavy (non-hydrogen) atoms. The Labute approximate surface area is 108 Å². The molecule has 1 N–H and O–H groups in total. The van der Waals surface area contributed by atoms with Crippen LogP contribution in [0.15, 0.2) is 24.5 Å². The lowest BCUT2D eigenvalue weighted by Gasteiger charge is -2.39. The zero-order valence-corrected chi connectivity index (χ0v) is 10.8. The quantitative estimate of drug-likeness (QED) is 0.613. The molecule has 0 aliphatic heterocycles. The molecule has 1 saturated carbocycles. The lowest BCUT2D eigenvalue weighted by molar-refractivity contribution is -0.158. The van der Waals surface area contributed by atoms with Gasteiger partial charge in [0.2, 0.25) is 0 Å². The highest BCUT2D eigenvalue weighted by atomic mass is 16.5. The number of ether oxygens (including phenoxy) is 1. The summed E-state index contributed by atoms with van der Waals surface area (Å²) >= 11 is 0. The molecule has 1 aliphatic carbocycles. The Hall–Kier alpha value is -1.42. The number of nitrogens with one attached hydrogen (secondary N) is 1. The van der Waals surface area contributed by atoms with E-state index in [1.807, 2.05) is 12.1 Å². The van der Waals surface area contributed by atoms with Crippen LogP contribution < -0.4 is 5.32 Å². The molecule has 1 aromatic rings. The second kappa shape index (κ2) is 5.96. The van der Waals surface area contributed by atoms with Crippen LogP contribution in [-0.4, -0.2) is 31.2 Å². The molecule has 4 nitrogen and oxygen atoms in total. The molecule has 0 amide bonds. The second-order valence-corrected chi connectivity index (χ2v) is 4.91. The van der Waals surface area contributed by atoms with Crippen molar-refractivity contribution in [1.82, 2.24) is 10.3 Å². The molecule has 1 heterocycles. The number of carbonyl (C=O) groups excluding carboxylic acids is 1. The van der Waals surface area contributed by atoms with E-state index in [0.29, 0.717) is 0 Å². The lowest BCUT2D eigenvalue weighted by Crippen LogP contribution is -2.47. The maximum absolute atomic E-state index is 11.7. The van der Waals surface area contributed by atoms with E-state index in [2.05, 4.69) is 10.3 Å². The van der Waals surface area contributed by atoms with Gasteiger partial charge in [-0.1, -0.05) is 6.42 Å². The van der Waals surface area contributed by atoms with Crippen molar-refractivity contribution in [3.8, 4) is 0 Å². The highest BCUT2D eigenvalue weighted by Gasteiger charge is 2.44. The van der Waals surface area contributed by atoms with Crippen molar-refractivity contribution in [1.29, 1.82) is 0 Å². The Morgan fingerprint density at radius 2 is 2.17 bits per heavy atom. The van der Waals surface area contributed by atoms with E-state index in [-0.39, 0.29) is 11.4 Å². The van der Waals surface area contributed by atoms with E-state index < -0.39 is 0 Å². The standard InChI is InChI=1S/C14H20N2O2/c1-18-13(17)14(6-2-7-14)11-16-10-5-12-3-8-15-9-4-12/h3-4,8-9,16H,2,5-7,10-11H2,1H3. The Morgan fingerprint density at radius 3 is 2.72 bits per heavy atom. The highest BCUT2D eigenvalue weighted by Crippen LogP contribution is 2.41. The Balaban J connectivity index is 1.73. The number of pyridine rings is 1. The molecule has 4 heteroatoms. The first-order chi connectivity index (χ1) is 8.77. The molecule has 98 valence electrons. The first-order valence-electron chi connectivity index (χ1n) is 6.45. The summed E-state index contributed by atoms with van der Waals surface area (Å²) in [5.74, 6) is -0.0647.